The molecule has 18 heavy (non-hydrogen) atoms. The summed E-state index contributed by atoms with van der Waals surface area (Å²) in [5.74, 6) is -0.398. The maximum absolute atomic E-state index is 12.8. The summed E-state index contributed by atoms with van der Waals surface area (Å²) in [6.07, 6.45) is 3.63. The zero-order valence-electron chi connectivity index (χ0n) is 9.74. The molecule has 2 aliphatic rings. The van der Waals surface area contributed by atoms with Gasteiger partial charge in [0.2, 0.25) is 0 Å². The van der Waals surface area contributed by atoms with Crippen molar-refractivity contribution in [3.05, 3.63) is 64.1 Å². The monoisotopic (exact) mass is 243 g/mol. The fourth-order valence-electron chi connectivity index (χ4n) is 2.44. The number of ketones is 1. The van der Waals surface area contributed by atoms with Crippen LogP contribution in [0.3, 0.4) is 0 Å². The van der Waals surface area contributed by atoms with Crippen LogP contribution in [0.25, 0.3) is 0 Å². The Kier molecular flexibility index (Phi) is 2.10. The van der Waals surface area contributed by atoms with Gasteiger partial charge >= 0.3 is 0 Å². The Morgan fingerprint density at radius 2 is 2.06 bits per heavy atom. The highest BCUT2D eigenvalue weighted by atomic mass is 16.5. The van der Waals surface area contributed by atoms with Crippen molar-refractivity contribution in [2.75, 3.05) is 0 Å². The second-order valence-corrected chi connectivity index (χ2v) is 4.46. The van der Waals surface area contributed by atoms with Crippen LogP contribution in [-0.4, -0.2) is 15.2 Å². The van der Waals surface area contributed by atoms with Gasteiger partial charge in [0.05, 0.1) is 10.3 Å². The lowest BCUT2D eigenvalue weighted by Crippen LogP contribution is -2.36. The highest BCUT2D eigenvalue weighted by Crippen LogP contribution is 2.43. The fraction of sp³-hybridized carbons (Fsp3) is 0.154. The minimum absolute atomic E-state index is 0.0336. The van der Waals surface area contributed by atoms with Gasteiger partial charge in [0.25, 0.3) is 23.4 Å². The highest BCUT2D eigenvalue weighted by Gasteiger charge is 2.45. The first-order valence-corrected chi connectivity index (χ1v) is 5.65. The molecule has 2 atom stereocenters. The molecule has 0 saturated heterocycles. The van der Waals surface area contributed by atoms with Crippen molar-refractivity contribution in [3.63, 3.8) is 0 Å². The van der Waals surface area contributed by atoms with E-state index in [1.165, 1.54) is 12.3 Å². The third-order valence-electron chi connectivity index (χ3n) is 3.52. The van der Waals surface area contributed by atoms with E-state index in [9.17, 15) is 14.9 Å². The predicted molar refractivity (Wildman–Crippen MR) is 64.0 cm³/mol. The van der Waals surface area contributed by atoms with E-state index in [1.807, 2.05) is 0 Å². The molecule has 2 unspecified atom stereocenters. The number of allylic oxidation sites excluding steroid dienone is 1. The number of quaternary nitrogens is 1. The third kappa shape index (κ3) is 1.25. The maximum atomic E-state index is 12.8. The first kappa shape index (κ1) is 11.0. The Bertz CT molecular complexity index is 633. The summed E-state index contributed by atoms with van der Waals surface area (Å²) in [6, 6.07) is 6.39. The van der Waals surface area contributed by atoms with Gasteiger partial charge in [-0.1, -0.05) is 12.1 Å². The zero-order valence-corrected chi connectivity index (χ0v) is 9.74. The summed E-state index contributed by atoms with van der Waals surface area (Å²) in [5.41, 5.74) is 1.03. The molecule has 0 amide bonds. The van der Waals surface area contributed by atoms with E-state index in [0.29, 0.717) is 16.0 Å². The van der Waals surface area contributed by atoms with Gasteiger partial charge in [-0.05, 0) is 13.0 Å². The summed E-state index contributed by atoms with van der Waals surface area (Å²) >= 11 is 0. The lowest BCUT2D eigenvalue weighted by atomic mass is 10.0. The summed E-state index contributed by atoms with van der Waals surface area (Å²) in [5, 5.41) is 12.8. The number of carbonyl (C=O) groups is 1. The lowest BCUT2D eigenvalue weighted by molar-refractivity contribution is -0.814. The van der Waals surface area contributed by atoms with Gasteiger partial charge in [0, 0.05) is 17.0 Å². The van der Waals surface area contributed by atoms with E-state index in [0.717, 1.165) is 6.20 Å². The molecule has 1 aromatic rings. The summed E-state index contributed by atoms with van der Waals surface area (Å²) < 4.78 is -0.293. The van der Waals surface area contributed by atoms with Crippen molar-refractivity contribution in [1.82, 2.24) is 0 Å². The average molecular weight is 243 g/mol. The van der Waals surface area contributed by atoms with Gasteiger partial charge in [-0.25, -0.2) is 0 Å². The maximum Gasteiger partial charge on any atom is 0.293 e. The van der Waals surface area contributed by atoms with Gasteiger partial charge in [-0.2, -0.15) is 0 Å². The SMILES string of the molecule is CC1c2ccccc2[N+](=O)C=C2C(=O)C=C[N+]21[O-]. The van der Waals surface area contributed by atoms with Crippen LogP contribution in [0, 0.1) is 10.1 Å². The molecule has 0 bridgehead atoms. The Morgan fingerprint density at radius 3 is 2.83 bits per heavy atom. The number of rotatable bonds is 0. The smallest absolute Gasteiger partial charge is 0.293 e. The minimum atomic E-state index is -0.894. The van der Waals surface area contributed by atoms with E-state index in [2.05, 4.69) is 0 Å². The molecule has 0 N–H and O–H groups in total. The average Bonchev–Trinajstić information content (AvgIpc) is 2.63. The number of hydrogen-bond donors (Lipinski definition) is 0. The molecule has 90 valence electrons. The lowest BCUT2D eigenvalue weighted by Gasteiger charge is -2.39. The molecule has 3 rings (SSSR count). The predicted octanol–water partition coefficient (Wildman–Crippen LogP) is 2.42. The van der Waals surface area contributed by atoms with E-state index in [1.54, 1.807) is 31.2 Å². The number of benzene rings is 1. The van der Waals surface area contributed by atoms with E-state index >= 15 is 0 Å². The number of nitroso groups, excluding NO2 is 1. The van der Waals surface area contributed by atoms with Crippen LogP contribution in [0.15, 0.2) is 48.4 Å². The molecule has 2 aliphatic heterocycles. The quantitative estimate of drug-likeness (QED) is 0.399. The molecular weight excluding hydrogens is 232 g/mol. The molecule has 5 heteroatoms. The standard InChI is InChI=1S/C13H11N2O3/c1-9-10-4-2-3-5-11(10)14(17)8-12-13(16)6-7-15(9,12)18/h2-9H,1H3/q+1. The van der Waals surface area contributed by atoms with Crippen LogP contribution < -0.4 is 0 Å². The number of hydroxylamine groups is 3. The summed E-state index contributed by atoms with van der Waals surface area (Å²) in [6.45, 7) is 1.72. The van der Waals surface area contributed by atoms with Crippen LogP contribution in [0.1, 0.15) is 18.5 Å². The molecule has 0 saturated carbocycles. The second-order valence-electron chi connectivity index (χ2n) is 4.46. The first-order chi connectivity index (χ1) is 8.54. The zero-order chi connectivity index (χ0) is 12.9. The largest absolute Gasteiger partial charge is 0.622 e. The van der Waals surface area contributed by atoms with Crippen molar-refractivity contribution >= 4 is 11.5 Å². The number of hydrogen-bond acceptors (Lipinski definition) is 3. The number of para-hydroxylation sites is 1. The van der Waals surface area contributed by atoms with Crippen molar-refractivity contribution < 1.29 is 14.2 Å². The fourth-order valence-corrected chi connectivity index (χ4v) is 2.44. The topological polar surface area (TPSA) is 60.2 Å². The molecule has 0 spiro atoms. The third-order valence-corrected chi connectivity index (χ3v) is 3.52. The molecule has 0 radical (unpaired) electrons. The van der Waals surface area contributed by atoms with Crippen LogP contribution in [0.2, 0.25) is 0 Å². The number of fused-ring (bicyclic) bond motifs is 2. The molecule has 1 aromatic carbocycles. The van der Waals surface area contributed by atoms with Gasteiger partial charge in [-0.15, -0.1) is 0 Å². The number of carbonyl (C=O) groups excluding carboxylic acids is 1. The Balaban J connectivity index is 2.30. The van der Waals surface area contributed by atoms with E-state index in [4.69, 9.17) is 0 Å². The summed E-state index contributed by atoms with van der Waals surface area (Å²) in [4.78, 5) is 23.7. The van der Waals surface area contributed by atoms with E-state index < -0.39 is 16.5 Å². The highest BCUT2D eigenvalue weighted by molar-refractivity contribution is 6.03. The van der Waals surface area contributed by atoms with E-state index in [-0.39, 0.29) is 5.70 Å². The van der Waals surface area contributed by atoms with Crippen LogP contribution in [-0.2, 0) is 4.79 Å². The Hall–Kier alpha value is -2.11. The second kappa shape index (κ2) is 3.44. The molecule has 0 aliphatic carbocycles. The van der Waals surface area contributed by atoms with Crippen molar-refractivity contribution in [3.8, 4) is 0 Å². The minimum Gasteiger partial charge on any atom is -0.622 e. The van der Waals surface area contributed by atoms with Crippen molar-refractivity contribution in [2.24, 2.45) is 0 Å². The van der Waals surface area contributed by atoms with Gasteiger partial charge in [-0.3, -0.25) is 9.44 Å². The first-order valence-electron chi connectivity index (χ1n) is 5.65. The van der Waals surface area contributed by atoms with Crippen LogP contribution in [0.4, 0.5) is 5.69 Å². The molecule has 5 nitrogen and oxygen atoms in total. The van der Waals surface area contributed by atoms with Gasteiger partial charge in [0.15, 0.2) is 0 Å². The molecule has 0 aromatic heterocycles. The Labute approximate surface area is 103 Å². The van der Waals surface area contributed by atoms with Gasteiger partial charge in [0.1, 0.15) is 12.2 Å². The molecular formula is C13H11N2O3+. The van der Waals surface area contributed by atoms with Crippen LogP contribution >= 0.6 is 0 Å². The molecule has 0 fully saturated rings. The van der Waals surface area contributed by atoms with Gasteiger partial charge < -0.3 is 5.21 Å². The van der Waals surface area contributed by atoms with Crippen LogP contribution in [0.5, 0.6) is 0 Å². The molecule has 2 heterocycles. The summed E-state index contributed by atoms with van der Waals surface area (Å²) in [7, 11) is 0. The number of nitrogens with zero attached hydrogens (tertiary/aromatic N) is 2. The normalized spacial score (nSPS) is 29.7. The van der Waals surface area contributed by atoms with Crippen molar-refractivity contribution in [1.29, 1.82) is 0 Å². The van der Waals surface area contributed by atoms with Crippen molar-refractivity contribution in [2.45, 2.75) is 13.0 Å². The Morgan fingerprint density at radius 1 is 1.33 bits per heavy atom.